The first-order valence-corrected chi connectivity index (χ1v) is 6.05. The molecule has 2 bridgehead atoms. The molecule has 0 aliphatic carbocycles. The van der Waals surface area contributed by atoms with E-state index in [-0.39, 0.29) is 0 Å². The maximum atomic E-state index is 10.6. The highest BCUT2D eigenvalue weighted by Crippen LogP contribution is 2.43. The van der Waals surface area contributed by atoms with Gasteiger partial charge >= 0.3 is 0 Å². The zero-order chi connectivity index (χ0) is 10.2. The Hall–Kier alpha value is -0.0800. The van der Waals surface area contributed by atoms with E-state index in [1.54, 1.807) is 0 Å². The van der Waals surface area contributed by atoms with Crippen molar-refractivity contribution in [2.24, 2.45) is 5.92 Å². The van der Waals surface area contributed by atoms with Gasteiger partial charge in [-0.1, -0.05) is 26.7 Å². The lowest BCUT2D eigenvalue weighted by Crippen LogP contribution is -2.46. The highest BCUT2D eigenvalue weighted by atomic mass is 16.5. The maximum absolute atomic E-state index is 10.6. The molecule has 2 fully saturated rings. The van der Waals surface area contributed by atoms with Crippen LogP contribution in [-0.4, -0.2) is 22.9 Å². The molecule has 0 amide bonds. The first-order chi connectivity index (χ1) is 6.68. The van der Waals surface area contributed by atoms with E-state index < -0.39 is 5.60 Å². The van der Waals surface area contributed by atoms with Gasteiger partial charge in [-0.15, -0.1) is 0 Å². The summed E-state index contributed by atoms with van der Waals surface area (Å²) in [5.41, 5.74) is -0.423. The molecule has 2 aliphatic heterocycles. The van der Waals surface area contributed by atoms with Crippen LogP contribution in [-0.2, 0) is 4.74 Å². The van der Waals surface area contributed by atoms with Crippen LogP contribution in [0.2, 0.25) is 0 Å². The van der Waals surface area contributed by atoms with Crippen LogP contribution in [0.5, 0.6) is 0 Å². The Kier molecular flexibility index (Phi) is 2.85. The summed E-state index contributed by atoms with van der Waals surface area (Å²) >= 11 is 0. The number of fused-ring (bicyclic) bond motifs is 2. The van der Waals surface area contributed by atoms with Crippen LogP contribution in [0.15, 0.2) is 0 Å². The minimum Gasteiger partial charge on any atom is -0.389 e. The minimum absolute atomic E-state index is 0.347. The van der Waals surface area contributed by atoms with Gasteiger partial charge in [0.1, 0.15) is 0 Å². The lowest BCUT2D eigenvalue weighted by molar-refractivity contribution is -0.139. The monoisotopic (exact) mass is 198 g/mol. The van der Waals surface area contributed by atoms with Crippen molar-refractivity contribution in [1.29, 1.82) is 0 Å². The van der Waals surface area contributed by atoms with Crippen molar-refractivity contribution in [3.8, 4) is 0 Å². The smallest absolute Gasteiger partial charge is 0.0724 e. The molecule has 2 saturated heterocycles. The van der Waals surface area contributed by atoms with E-state index in [2.05, 4.69) is 13.8 Å². The molecule has 14 heavy (non-hydrogen) atoms. The zero-order valence-corrected chi connectivity index (χ0v) is 9.33. The van der Waals surface area contributed by atoms with Gasteiger partial charge in [0.15, 0.2) is 0 Å². The second-order valence-corrected chi connectivity index (χ2v) is 4.98. The average Bonchev–Trinajstić information content (AvgIpc) is 2.48. The molecule has 2 aliphatic rings. The number of rotatable bonds is 3. The molecule has 0 radical (unpaired) electrons. The SMILES string of the molecule is CCC(CC)C1(O)CC2CCC(C1)O2. The van der Waals surface area contributed by atoms with Crippen molar-refractivity contribution in [3.05, 3.63) is 0 Å². The highest BCUT2D eigenvalue weighted by Gasteiger charge is 2.46. The number of hydrogen-bond acceptors (Lipinski definition) is 2. The third-order valence-corrected chi connectivity index (χ3v) is 4.10. The number of aliphatic hydroxyl groups is 1. The Bertz CT molecular complexity index is 186. The fraction of sp³-hybridized carbons (Fsp3) is 1.00. The predicted octanol–water partition coefficient (Wildman–Crippen LogP) is 2.50. The summed E-state index contributed by atoms with van der Waals surface area (Å²) in [6.07, 6.45) is 6.93. The standard InChI is InChI=1S/C12H22O2/c1-3-9(4-2)12(13)7-10-5-6-11(8-12)14-10/h9-11,13H,3-8H2,1-2H3. The van der Waals surface area contributed by atoms with Crippen LogP contribution in [0.1, 0.15) is 52.4 Å². The molecule has 2 heteroatoms. The lowest BCUT2D eigenvalue weighted by atomic mass is 9.76. The van der Waals surface area contributed by atoms with E-state index in [1.165, 1.54) is 0 Å². The van der Waals surface area contributed by atoms with Gasteiger partial charge in [0.2, 0.25) is 0 Å². The van der Waals surface area contributed by atoms with Gasteiger partial charge in [-0.25, -0.2) is 0 Å². The number of ether oxygens (including phenoxy) is 1. The van der Waals surface area contributed by atoms with E-state index in [4.69, 9.17) is 4.74 Å². The van der Waals surface area contributed by atoms with Gasteiger partial charge in [0, 0.05) is 12.8 Å². The van der Waals surface area contributed by atoms with Gasteiger partial charge in [-0.2, -0.15) is 0 Å². The van der Waals surface area contributed by atoms with Gasteiger partial charge in [0.25, 0.3) is 0 Å². The normalized spacial score (nSPS) is 42.0. The molecule has 2 unspecified atom stereocenters. The van der Waals surface area contributed by atoms with Crippen molar-refractivity contribution < 1.29 is 9.84 Å². The van der Waals surface area contributed by atoms with Crippen molar-refractivity contribution >= 4 is 0 Å². The van der Waals surface area contributed by atoms with Crippen molar-refractivity contribution in [2.45, 2.75) is 70.2 Å². The highest BCUT2D eigenvalue weighted by molar-refractivity contribution is 4.97. The Morgan fingerprint density at radius 2 is 1.71 bits per heavy atom. The van der Waals surface area contributed by atoms with Gasteiger partial charge in [-0.3, -0.25) is 0 Å². The van der Waals surface area contributed by atoms with Gasteiger partial charge in [-0.05, 0) is 18.8 Å². The number of hydrogen-bond donors (Lipinski definition) is 1. The van der Waals surface area contributed by atoms with Crippen molar-refractivity contribution in [2.75, 3.05) is 0 Å². The topological polar surface area (TPSA) is 29.5 Å². The Labute approximate surface area is 86.6 Å². The van der Waals surface area contributed by atoms with Gasteiger partial charge < -0.3 is 9.84 Å². The lowest BCUT2D eigenvalue weighted by Gasteiger charge is -2.41. The summed E-state index contributed by atoms with van der Waals surface area (Å²) in [7, 11) is 0. The van der Waals surface area contributed by atoms with E-state index in [9.17, 15) is 5.11 Å². The largest absolute Gasteiger partial charge is 0.389 e. The fourth-order valence-electron chi connectivity index (χ4n) is 3.33. The molecule has 2 rings (SSSR count). The molecular weight excluding hydrogens is 176 g/mol. The molecule has 2 atom stereocenters. The summed E-state index contributed by atoms with van der Waals surface area (Å²) in [6, 6.07) is 0. The van der Waals surface area contributed by atoms with Crippen LogP contribution < -0.4 is 0 Å². The van der Waals surface area contributed by atoms with Crippen LogP contribution >= 0.6 is 0 Å². The second kappa shape index (κ2) is 3.82. The molecular formula is C12H22O2. The molecule has 0 spiro atoms. The summed E-state index contributed by atoms with van der Waals surface area (Å²) in [5.74, 6) is 0.467. The molecule has 2 nitrogen and oxygen atoms in total. The maximum Gasteiger partial charge on any atom is 0.0724 e. The van der Waals surface area contributed by atoms with E-state index in [0.29, 0.717) is 18.1 Å². The van der Waals surface area contributed by atoms with E-state index >= 15 is 0 Å². The first-order valence-electron chi connectivity index (χ1n) is 6.05. The Morgan fingerprint density at radius 3 is 2.14 bits per heavy atom. The van der Waals surface area contributed by atoms with Gasteiger partial charge in [0.05, 0.1) is 17.8 Å². The minimum atomic E-state index is -0.423. The van der Waals surface area contributed by atoms with Crippen molar-refractivity contribution in [3.63, 3.8) is 0 Å². The van der Waals surface area contributed by atoms with Crippen molar-refractivity contribution in [1.82, 2.24) is 0 Å². The molecule has 82 valence electrons. The molecule has 0 aromatic carbocycles. The quantitative estimate of drug-likeness (QED) is 0.755. The third kappa shape index (κ3) is 1.70. The Morgan fingerprint density at radius 1 is 1.21 bits per heavy atom. The molecule has 0 aromatic heterocycles. The summed E-state index contributed by atoms with van der Waals surface area (Å²) < 4.78 is 5.77. The molecule has 1 N–H and O–H groups in total. The van der Waals surface area contributed by atoms with Crippen LogP contribution in [0, 0.1) is 5.92 Å². The fourth-order valence-corrected chi connectivity index (χ4v) is 3.33. The third-order valence-electron chi connectivity index (χ3n) is 4.10. The Balaban J connectivity index is 2.08. The summed E-state index contributed by atoms with van der Waals surface area (Å²) in [4.78, 5) is 0. The van der Waals surface area contributed by atoms with Crippen LogP contribution in [0.4, 0.5) is 0 Å². The molecule has 0 aromatic rings. The van der Waals surface area contributed by atoms with Crippen LogP contribution in [0.3, 0.4) is 0 Å². The van der Waals surface area contributed by atoms with Crippen LogP contribution in [0.25, 0.3) is 0 Å². The van der Waals surface area contributed by atoms with E-state index in [1.807, 2.05) is 0 Å². The molecule has 0 saturated carbocycles. The van der Waals surface area contributed by atoms with E-state index in [0.717, 1.165) is 38.5 Å². The molecule has 2 heterocycles. The predicted molar refractivity (Wildman–Crippen MR) is 56.2 cm³/mol. The second-order valence-electron chi connectivity index (χ2n) is 4.98. The summed E-state index contributed by atoms with van der Waals surface area (Å²) in [6.45, 7) is 4.37. The first kappa shape index (κ1) is 10.4. The summed E-state index contributed by atoms with van der Waals surface area (Å²) in [5, 5.41) is 10.6. The zero-order valence-electron chi connectivity index (χ0n) is 9.33. The average molecular weight is 198 g/mol.